The smallest absolute Gasteiger partial charge is 0.109 e. The molecule has 0 atom stereocenters. The van der Waals surface area contributed by atoms with Gasteiger partial charge in [-0.3, -0.25) is 0 Å². The molecule has 3 aliphatic heterocycles. The molecule has 3 rings (SSSR count). The summed E-state index contributed by atoms with van der Waals surface area (Å²) in [5, 5.41) is 0. The summed E-state index contributed by atoms with van der Waals surface area (Å²) >= 11 is 0. The Bertz CT molecular complexity index is 411. The Hall–Kier alpha value is 0.239. The Balaban J connectivity index is 2.06. The second-order valence-corrected chi connectivity index (χ2v) is 20.1. The van der Waals surface area contributed by atoms with Gasteiger partial charge in [-0.05, 0) is 6.42 Å². The molecule has 3 aliphatic rings. The predicted molar refractivity (Wildman–Crippen MR) is 103 cm³/mol. The van der Waals surface area contributed by atoms with E-state index < -0.39 is 16.1 Å². The van der Waals surface area contributed by atoms with Crippen molar-refractivity contribution in [3.8, 4) is 0 Å². The van der Waals surface area contributed by atoms with Gasteiger partial charge in [-0.1, -0.05) is 100 Å². The van der Waals surface area contributed by atoms with Gasteiger partial charge in [-0.2, -0.15) is 0 Å². The van der Waals surface area contributed by atoms with Gasteiger partial charge in [0.05, 0.1) is 16.1 Å². The molecule has 0 spiro atoms. The molecule has 2 fully saturated rings. The third kappa shape index (κ3) is 3.02. The molecule has 3 heteroatoms. The van der Waals surface area contributed by atoms with Crippen molar-refractivity contribution >= 4 is 22.9 Å². The maximum Gasteiger partial charge on any atom is 0.175 e. The lowest BCUT2D eigenvalue weighted by atomic mass is 9.24. The molecule has 0 radical (unpaired) electrons. The normalized spacial score (nSPS) is 33.3. The van der Waals surface area contributed by atoms with E-state index in [4.69, 9.17) is 0 Å². The highest BCUT2D eigenvalue weighted by molar-refractivity contribution is 7.06. The lowest BCUT2D eigenvalue weighted by molar-refractivity contribution is 0.444. The van der Waals surface area contributed by atoms with Crippen molar-refractivity contribution in [1.82, 2.24) is 0 Å². The molecule has 0 N–H and O–H groups in total. The van der Waals surface area contributed by atoms with Crippen LogP contribution < -0.4 is 0 Å². The minimum atomic E-state index is -1.15. The summed E-state index contributed by atoms with van der Waals surface area (Å²) in [5.41, 5.74) is 2.06. The highest BCUT2D eigenvalue weighted by Gasteiger charge is 2.47. The first kappa shape index (κ1) is 16.1. The average molecular weight is 318 g/mol. The standard InChI is InChI=1S/C18H35BSi2/c1-20(2,3)18-17(13-8-14-21(18,4)5)19-15-9-6-10-16(19)12-7-11-15/h15-16H,6-14H2,1-5H3. The molecule has 0 aromatic rings. The van der Waals surface area contributed by atoms with E-state index >= 15 is 0 Å². The maximum atomic E-state index is 2.69. The lowest BCUT2D eigenvalue weighted by Gasteiger charge is -2.48. The van der Waals surface area contributed by atoms with Crippen LogP contribution in [0.1, 0.15) is 51.4 Å². The number of allylic oxidation sites excluding steroid dienone is 1. The molecule has 2 saturated heterocycles. The molecular formula is C18H35BSi2. The van der Waals surface area contributed by atoms with Crippen LogP contribution in [0.4, 0.5) is 0 Å². The molecule has 3 heterocycles. The molecule has 0 saturated carbocycles. The van der Waals surface area contributed by atoms with Gasteiger partial charge < -0.3 is 0 Å². The first-order chi connectivity index (χ1) is 9.81. The van der Waals surface area contributed by atoms with E-state index in [1.165, 1.54) is 25.7 Å². The van der Waals surface area contributed by atoms with Crippen molar-refractivity contribution in [2.75, 3.05) is 0 Å². The van der Waals surface area contributed by atoms with Crippen LogP contribution in [-0.2, 0) is 0 Å². The van der Waals surface area contributed by atoms with Crippen LogP contribution in [-0.4, -0.2) is 22.9 Å². The van der Waals surface area contributed by atoms with Crippen LogP contribution in [0.25, 0.3) is 0 Å². The highest BCUT2D eigenvalue weighted by Crippen LogP contribution is 2.52. The van der Waals surface area contributed by atoms with Crippen molar-refractivity contribution in [1.29, 1.82) is 0 Å². The number of hydrogen-bond donors (Lipinski definition) is 0. The Morgan fingerprint density at radius 3 is 1.90 bits per heavy atom. The van der Waals surface area contributed by atoms with E-state index in [-0.39, 0.29) is 0 Å². The van der Waals surface area contributed by atoms with Crippen LogP contribution in [0.2, 0.25) is 50.4 Å². The van der Waals surface area contributed by atoms with Crippen molar-refractivity contribution in [3.63, 3.8) is 0 Å². The van der Waals surface area contributed by atoms with E-state index in [0.717, 1.165) is 18.3 Å². The van der Waals surface area contributed by atoms with Gasteiger partial charge in [0.1, 0.15) is 0 Å². The van der Waals surface area contributed by atoms with Crippen LogP contribution in [0.15, 0.2) is 10.3 Å². The summed E-state index contributed by atoms with van der Waals surface area (Å²) in [7, 11) is -2.25. The van der Waals surface area contributed by atoms with Gasteiger partial charge in [-0.25, -0.2) is 0 Å². The molecule has 0 aliphatic carbocycles. The zero-order valence-electron chi connectivity index (χ0n) is 15.1. The maximum absolute atomic E-state index is 2.69. The van der Waals surface area contributed by atoms with Crippen LogP contribution in [0, 0.1) is 0 Å². The largest absolute Gasteiger partial charge is 0.175 e. The van der Waals surface area contributed by atoms with Gasteiger partial charge in [-0.15, -0.1) is 5.47 Å². The third-order valence-electron chi connectivity index (χ3n) is 6.71. The van der Waals surface area contributed by atoms with Gasteiger partial charge in [0.15, 0.2) is 6.71 Å². The van der Waals surface area contributed by atoms with Gasteiger partial charge >= 0.3 is 0 Å². The molecule has 0 amide bonds. The van der Waals surface area contributed by atoms with Crippen molar-refractivity contribution < 1.29 is 0 Å². The fourth-order valence-electron chi connectivity index (χ4n) is 6.48. The number of fused-ring (bicyclic) bond motifs is 2. The van der Waals surface area contributed by atoms with Crippen molar-refractivity contribution in [2.45, 2.75) is 102 Å². The molecule has 0 nitrogen and oxygen atoms in total. The Kier molecular flexibility index (Phi) is 4.38. The SMILES string of the molecule is C[Si](C)(C)C1=C(B2C3CCCC2CCC3)CCC[Si]1(C)C. The fraction of sp³-hybridized carbons (Fsp3) is 0.889. The minimum Gasteiger partial charge on any atom is -0.109 e. The summed E-state index contributed by atoms with van der Waals surface area (Å²) in [6.07, 6.45) is 12.2. The monoisotopic (exact) mass is 318 g/mol. The van der Waals surface area contributed by atoms with Gasteiger partial charge in [0.25, 0.3) is 0 Å². The number of rotatable bonds is 2. The van der Waals surface area contributed by atoms with Crippen molar-refractivity contribution in [3.05, 3.63) is 10.3 Å². The second kappa shape index (κ2) is 5.70. The number of hydrogen-bond acceptors (Lipinski definition) is 0. The summed E-state index contributed by atoms with van der Waals surface area (Å²) in [4.78, 5) is 2.13. The van der Waals surface area contributed by atoms with E-state index in [9.17, 15) is 0 Å². The van der Waals surface area contributed by atoms with E-state index in [2.05, 4.69) is 43.0 Å². The first-order valence-electron chi connectivity index (χ1n) is 9.55. The topological polar surface area (TPSA) is 0 Å². The molecule has 2 bridgehead atoms. The minimum absolute atomic E-state index is 1.03. The predicted octanol–water partition coefficient (Wildman–Crippen LogP) is 6.34. The van der Waals surface area contributed by atoms with Crippen molar-refractivity contribution in [2.24, 2.45) is 0 Å². The summed E-state index contributed by atoms with van der Waals surface area (Å²) in [5.74, 6) is 2.14. The third-order valence-corrected chi connectivity index (χ3v) is 16.1. The summed E-state index contributed by atoms with van der Waals surface area (Å²) in [6.45, 7) is 14.3. The van der Waals surface area contributed by atoms with E-state index in [0.29, 0.717) is 0 Å². The highest BCUT2D eigenvalue weighted by atomic mass is 28.4. The van der Waals surface area contributed by atoms with E-state index in [1.54, 1.807) is 31.7 Å². The Morgan fingerprint density at radius 2 is 1.43 bits per heavy atom. The fourth-order valence-corrected chi connectivity index (χ4v) is 18.7. The molecular weight excluding hydrogens is 283 g/mol. The first-order valence-corrected chi connectivity index (χ1v) is 16.3. The second-order valence-electron chi connectivity index (χ2n) is 9.80. The van der Waals surface area contributed by atoms with E-state index in [1.807, 2.05) is 0 Å². The lowest BCUT2D eigenvalue weighted by Crippen LogP contribution is -2.49. The Morgan fingerprint density at radius 1 is 0.905 bits per heavy atom. The van der Waals surface area contributed by atoms with Crippen LogP contribution >= 0.6 is 0 Å². The molecule has 118 valence electrons. The van der Waals surface area contributed by atoms with Crippen LogP contribution in [0.5, 0.6) is 0 Å². The summed E-state index contributed by atoms with van der Waals surface area (Å²) < 4.78 is 0. The zero-order valence-corrected chi connectivity index (χ0v) is 17.1. The quantitative estimate of drug-likeness (QED) is 0.521. The van der Waals surface area contributed by atoms with Gasteiger partial charge in [0, 0.05) is 0 Å². The average Bonchev–Trinajstić information content (AvgIpc) is 2.34. The molecule has 21 heavy (non-hydrogen) atoms. The van der Waals surface area contributed by atoms with Gasteiger partial charge in [0.2, 0.25) is 0 Å². The zero-order chi connectivity index (χ0) is 15.3. The molecule has 0 aromatic carbocycles. The molecule has 0 aromatic heterocycles. The molecule has 0 unspecified atom stereocenters. The Labute approximate surface area is 135 Å². The summed E-state index contributed by atoms with van der Waals surface area (Å²) in [6, 6.07) is 1.57. The van der Waals surface area contributed by atoms with Crippen LogP contribution in [0.3, 0.4) is 0 Å².